The largest absolute Gasteiger partial charge is 0.496 e. The van der Waals surface area contributed by atoms with Crippen molar-refractivity contribution >= 4 is 34.3 Å². The molecule has 0 spiro atoms. The highest BCUT2D eigenvalue weighted by Gasteiger charge is 2.51. The Bertz CT molecular complexity index is 1200. The lowest BCUT2D eigenvalue weighted by Gasteiger charge is -2.25. The molecule has 31 heavy (non-hydrogen) atoms. The summed E-state index contributed by atoms with van der Waals surface area (Å²) in [7, 11) is 1.59. The zero-order chi connectivity index (χ0) is 21.7. The van der Waals surface area contributed by atoms with E-state index in [1.807, 2.05) is 31.2 Å². The molecular formula is C24H21N3O4. The van der Waals surface area contributed by atoms with Gasteiger partial charge in [0.1, 0.15) is 11.8 Å². The topological polar surface area (TPSA) is 79.8 Å². The van der Waals surface area contributed by atoms with Crippen LogP contribution in [0.3, 0.4) is 0 Å². The summed E-state index contributed by atoms with van der Waals surface area (Å²) in [6.45, 7) is 2.38. The van der Waals surface area contributed by atoms with Gasteiger partial charge in [-0.15, -0.1) is 0 Å². The number of fused-ring (bicyclic) bond motifs is 2. The number of hydrogen-bond donors (Lipinski definition) is 0. The molecule has 2 aliphatic rings. The van der Waals surface area contributed by atoms with Crippen molar-refractivity contribution in [1.29, 1.82) is 0 Å². The van der Waals surface area contributed by atoms with Gasteiger partial charge < -0.3 is 9.64 Å². The first-order valence-corrected chi connectivity index (χ1v) is 10.3. The number of benzene rings is 2. The highest BCUT2D eigenvalue weighted by molar-refractivity contribution is 6.24. The van der Waals surface area contributed by atoms with Gasteiger partial charge in [-0.3, -0.25) is 24.3 Å². The van der Waals surface area contributed by atoms with Crippen LogP contribution in [0.25, 0.3) is 10.9 Å². The van der Waals surface area contributed by atoms with Gasteiger partial charge in [-0.2, -0.15) is 0 Å². The minimum atomic E-state index is -0.835. The van der Waals surface area contributed by atoms with E-state index in [9.17, 15) is 14.4 Å². The van der Waals surface area contributed by atoms with Gasteiger partial charge in [-0.25, -0.2) is 0 Å². The number of ether oxygens (including phenoxy) is 1. The quantitative estimate of drug-likeness (QED) is 0.611. The van der Waals surface area contributed by atoms with Crippen LogP contribution in [-0.2, 0) is 4.79 Å². The minimum absolute atomic E-state index is 0.171. The smallest absolute Gasteiger partial charge is 0.262 e. The van der Waals surface area contributed by atoms with Crippen LogP contribution >= 0.6 is 0 Å². The van der Waals surface area contributed by atoms with Crippen LogP contribution in [0.1, 0.15) is 34.1 Å². The number of anilines is 1. The number of rotatable bonds is 4. The number of methoxy groups -OCH3 is 1. The number of imide groups is 1. The summed E-state index contributed by atoms with van der Waals surface area (Å²) in [6.07, 6.45) is 2.33. The van der Waals surface area contributed by atoms with Crippen LogP contribution in [-0.4, -0.2) is 47.3 Å². The second kappa shape index (κ2) is 7.19. The predicted octanol–water partition coefficient (Wildman–Crippen LogP) is 3.28. The summed E-state index contributed by atoms with van der Waals surface area (Å²) in [5.41, 5.74) is 2.00. The molecule has 0 N–H and O–H groups in total. The van der Waals surface area contributed by atoms with Crippen molar-refractivity contribution in [2.45, 2.75) is 19.4 Å². The molecule has 3 amide bonds. The summed E-state index contributed by atoms with van der Waals surface area (Å²) in [6, 6.07) is 13.2. The number of aromatic nitrogens is 1. The van der Waals surface area contributed by atoms with Crippen molar-refractivity contribution in [2.75, 3.05) is 18.6 Å². The molecule has 1 fully saturated rings. The van der Waals surface area contributed by atoms with Crippen LogP contribution in [0.4, 0.5) is 5.69 Å². The maximum atomic E-state index is 13.6. The van der Waals surface area contributed by atoms with Gasteiger partial charge in [0.2, 0.25) is 0 Å². The van der Waals surface area contributed by atoms with Gasteiger partial charge in [-0.05, 0) is 42.8 Å². The molecule has 0 unspecified atom stereocenters. The van der Waals surface area contributed by atoms with Crippen LogP contribution in [0.15, 0.2) is 54.7 Å². The number of pyridine rings is 1. The molecule has 2 atom stereocenters. The molecule has 2 aromatic carbocycles. The molecule has 5 rings (SSSR count). The van der Waals surface area contributed by atoms with Gasteiger partial charge in [-0.1, -0.05) is 19.1 Å². The second-order valence-corrected chi connectivity index (χ2v) is 7.77. The van der Waals surface area contributed by atoms with E-state index in [0.29, 0.717) is 41.0 Å². The summed E-state index contributed by atoms with van der Waals surface area (Å²) in [5.74, 6) is -0.578. The molecule has 7 heteroatoms. The first kappa shape index (κ1) is 19.2. The maximum Gasteiger partial charge on any atom is 0.262 e. The van der Waals surface area contributed by atoms with Crippen LogP contribution < -0.4 is 9.64 Å². The normalized spacial score (nSPS) is 20.6. The van der Waals surface area contributed by atoms with Gasteiger partial charge >= 0.3 is 0 Å². The van der Waals surface area contributed by atoms with Crippen molar-refractivity contribution < 1.29 is 19.1 Å². The van der Waals surface area contributed by atoms with Crippen LogP contribution in [0.5, 0.6) is 5.75 Å². The van der Waals surface area contributed by atoms with E-state index < -0.39 is 17.9 Å². The zero-order valence-corrected chi connectivity index (χ0v) is 17.2. The molecule has 3 heterocycles. The second-order valence-electron chi connectivity index (χ2n) is 7.77. The van der Waals surface area contributed by atoms with Crippen LogP contribution in [0, 0.1) is 5.92 Å². The SMILES string of the molecule is CC[C@@H]1CN(c2ccc(OC)c3cccnc23)C(=O)[C@H]1N1C(=O)c2ccccc2C1=O. The van der Waals surface area contributed by atoms with E-state index >= 15 is 0 Å². The summed E-state index contributed by atoms with van der Waals surface area (Å²) >= 11 is 0. The van der Waals surface area contributed by atoms with E-state index in [1.54, 1.807) is 42.5 Å². The monoisotopic (exact) mass is 415 g/mol. The first-order valence-electron chi connectivity index (χ1n) is 10.3. The highest BCUT2D eigenvalue weighted by Crippen LogP contribution is 2.38. The molecule has 1 aromatic heterocycles. The standard InChI is InChI=1S/C24H21N3O4/c1-3-14-13-26(18-10-11-19(31-2)17-9-6-12-25-20(17)18)24(30)21(14)27-22(28)15-7-4-5-8-16(15)23(27)29/h4-12,14,21H,3,13H2,1-2H3/t14-,21+/m1/s1. The van der Waals surface area contributed by atoms with E-state index in [2.05, 4.69) is 4.98 Å². The summed E-state index contributed by atoms with van der Waals surface area (Å²) in [4.78, 5) is 47.0. The molecule has 0 radical (unpaired) electrons. The third-order valence-electron chi connectivity index (χ3n) is 6.23. The molecule has 3 aromatic rings. The lowest BCUT2D eigenvalue weighted by Crippen LogP contribution is -2.47. The molecule has 7 nitrogen and oxygen atoms in total. The Morgan fingerprint density at radius 2 is 1.71 bits per heavy atom. The fourth-order valence-electron chi connectivity index (χ4n) is 4.66. The molecule has 0 bridgehead atoms. The number of carbonyl (C=O) groups excluding carboxylic acids is 3. The Morgan fingerprint density at radius 3 is 2.35 bits per heavy atom. The zero-order valence-electron chi connectivity index (χ0n) is 17.2. The third kappa shape index (κ3) is 2.73. The fourth-order valence-corrected chi connectivity index (χ4v) is 4.66. The van der Waals surface area contributed by atoms with Gasteiger partial charge in [0.05, 0.1) is 29.4 Å². The molecular weight excluding hydrogens is 394 g/mol. The Balaban J connectivity index is 1.57. The maximum absolute atomic E-state index is 13.6. The van der Waals surface area contributed by atoms with Crippen LogP contribution in [0.2, 0.25) is 0 Å². The van der Waals surface area contributed by atoms with Gasteiger partial charge in [0, 0.05) is 24.0 Å². The Kier molecular flexibility index (Phi) is 4.46. The molecule has 156 valence electrons. The molecule has 2 aliphatic heterocycles. The van der Waals surface area contributed by atoms with E-state index in [0.717, 1.165) is 10.3 Å². The van der Waals surface area contributed by atoms with Crippen molar-refractivity contribution in [3.8, 4) is 5.75 Å². The van der Waals surface area contributed by atoms with Gasteiger partial charge in [0.25, 0.3) is 17.7 Å². The average molecular weight is 415 g/mol. The van der Waals surface area contributed by atoms with E-state index in [4.69, 9.17) is 4.74 Å². The predicted molar refractivity (Wildman–Crippen MR) is 115 cm³/mol. The number of amides is 3. The van der Waals surface area contributed by atoms with E-state index in [-0.39, 0.29) is 11.8 Å². The molecule has 1 saturated heterocycles. The number of carbonyl (C=O) groups is 3. The minimum Gasteiger partial charge on any atom is -0.496 e. The third-order valence-corrected chi connectivity index (χ3v) is 6.23. The van der Waals surface area contributed by atoms with Crippen molar-refractivity contribution in [3.05, 3.63) is 65.9 Å². The summed E-state index contributed by atoms with van der Waals surface area (Å²) < 4.78 is 5.44. The summed E-state index contributed by atoms with van der Waals surface area (Å²) in [5, 5.41) is 0.799. The lowest BCUT2D eigenvalue weighted by molar-refractivity contribution is -0.121. The number of hydrogen-bond acceptors (Lipinski definition) is 5. The van der Waals surface area contributed by atoms with Crippen molar-refractivity contribution in [3.63, 3.8) is 0 Å². The lowest BCUT2D eigenvalue weighted by atomic mass is 9.99. The average Bonchev–Trinajstić information content (AvgIpc) is 3.26. The first-order chi connectivity index (χ1) is 15.1. The molecule has 0 aliphatic carbocycles. The Labute approximate surface area is 179 Å². The van der Waals surface area contributed by atoms with Crippen molar-refractivity contribution in [2.24, 2.45) is 5.92 Å². The Hall–Kier alpha value is -3.74. The van der Waals surface area contributed by atoms with E-state index in [1.165, 1.54) is 0 Å². The van der Waals surface area contributed by atoms with Gasteiger partial charge in [0.15, 0.2) is 0 Å². The Morgan fingerprint density at radius 1 is 1.00 bits per heavy atom. The van der Waals surface area contributed by atoms with Crippen molar-refractivity contribution in [1.82, 2.24) is 9.88 Å². The number of nitrogens with zero attached hydrogens (tertiary/aromatic N) is 3. The highest BCUT2D eigenvalue weighted by atomic mass is 16.5. The molecule has 0 saturated carbocycles. The fraction of sp³-hybridized carbons (Fsp3) is 0.250.